The lowest BCUT2D eigenvalue weighted by atomic mass is 10.0. The van der Waals surface area contributed by atoms with Crippen LogP contribution in [0.1, 0.15) is 20.3 Å². The van der Waals surface area contributed by atoms with Crippen molar-refractivity contribution in [2.75, 3.05) is 20.2 Å². The SMILES string of the molecule is CC1=CC=C2C(C1)OCC(NC(=O)C(C)C(=O)NCC(F)(F)C(F)(F)F)C(=O)N2C. The molecular weight excluding hydrogens is 417 g/mol. The maximum atomic E-state index is 12.9. The first-order valence-corrected chi connectivity index (χ1v) is 9.03. The summed E-state index contributed by atoms with van der Waals surface area (Å²) in [4.78, 5) is 38.1. The zero-order chi connectivity index (χ0) is 22.9. The molecule has 0 bridgehead atoms. The Kier molecular flexibility index (Phi) is 6.90. The van der Waals surface area contributed by atoms with Crippen LogP contribution in [0.25, 0.3) is 0 Å². The third-order valence-corrected chi connectivity index (χ3v) is 4.86. The number of rotatable bonds is 5. The molecule has 0 radical (unpaired) electrons. The number of amides is 3. The maximum absolute atomic E-state index is 12.9. The Hall–Kier alpha value is -2.50. The number of alkyl halides is 5. The van der Waals surface area contributed by atoms with Crippen molar-refractivity contribution in [3.63, 3.8) is 0 Å². The predicted molar refractivity (Wildman–Crippen MR) is 94.1 cm³/mol. The number of fused-ring (bicyclic) bond motifs is 1. The van der Waals surface area contributed by atoms with Crippen molar-refractivity contribution in [1.82, 2.24) is 15.5 Å². The van der Waals surface area contributed by atoms with Gasteiger partial charge in [-0.25, -0.2) is 0 Å². The van der Waals surface area contributed by atoms with Crippen molar-refractivity contribution in [2.24, 2.45) is 5.92 Å². The summed E-state index contributed by atoms with van der Waals surface area (Å²) >= 11 is 0. The predicted octanol–water partition coefficient (Wildman–Crippen LogP) is 1.51. The second kappa shape index (κ2) is 8.70. The number of carbonyl (C=O) groups is 3. The molecule has 0 aromatic carbocycles. The van der Waals surface area contributed by atoms with Crippen molar-refractivity contribution in [3.05, 3.63) is 23.4 Å². The topological polar surface area (TPSA) is 87.7 Å². The Labute approximate surface area is 169 Å². The van der Waals surface area contributed by atoms with Crippen molar-refractivity contribution in [1.29, 1.82) is 0 Å². The molecule has 3 unspecified atom stereocenters. The summed E-state index contributed by atoms with van der Waals surface area (Å²) in [6.07, 6.45) is -2.12. The van der Waals surface area contributed by atoms with Crippen LogP contribution in [-0.4, -0.2) is 67.1 Å². The average molecular weight is 439 g/mol. The molecule has 0 saturated carbocycles. The van der Waals surface area contributed by atoms with E-state index >= 15 is 0 Å². The minimum absolute atomic E-state index is 0.190. The fourth-order valence-electron chi connectivity index (χ4n) is 2.89. The lowest BCUT2D eigenvalue weighted by molar-refractivity contribution is -0.278. The number of hydrogen-bond donors (Lipinski definition) is 2. The first kappa shape index (κ1) is 23.8. The van der Waals surface area contributed by atoms with Crippen molar-refractivity contribution < 1.29 is 41.1 Å². The molecule has 0 spiro atoms. The molecule has 1 aliphatic heterocycles. The lowest BCUT2D eigenvalue weighted by Crippen LogP contribution is -2.53. The minimum atomic E-state index is -5.83. The standard InChI is InChI=1S/C18H22F5N3O4/c1-9-4-5-12-13(6-9)30-7-11(16(29)26(12)3)25-15(28)10(2)14(27)24-8-17(19,20)18(21,22)23/h4-5,10-11,13H,6-8H2,1-3H3,(H,24,27)(H,25,28). The fourth-order valence-corrected chi connectivity index (χ4v) is 2.89. The number of halogens is 5. The van der Waals surface area contributed by atoms with Crippen LogP contribution in [0.5, 0.6) is 0 Å². The van der Waals surface area contributed by atoms with E-state index < -0.39 is 54.4 Å². The van der Waals surface area contributed by atoms with E-state index in [9.17, 15) is 36.3 Å². The van der Waals surface area contributed by atoms with Gasteiger partial charge in [0.1, 0.15) is 18.1 Å². The summed E-state index contributed by atoms with van der Waals surface area (Å²) in [5.74, 6) is -9.60. The monoisotopic (exact) mass is 439 g/mol. The number of likely N-dealkylation sites (N-methyl/N-ethyl adjacent to an activating group) is 1. The highest BCUT2D eigenvalue weighted by Crippen LogP contribution is 2.34. The van der Waals surface area contributed by atoms with E-state index in [1.54, 1.807) is 6.08 Å². The molecule has 168 valence electrons. The average Bonchev–Trinajstić information content (AvgIpc) is 2.76. The highest BCUT2D eigenvalue weighted by Gasteiger charge is 2.57. The molecule has 1 aliphatic carbocycles. The van der Waals surface area contributed by atoms with Crippen molar-refractivity contribution in [2.45, 2.75) is 44.5 Å². The van der Waals surface area contributed by atoms with E-state index in [0.717, 1.165) is 12.5 Å². The van der Waals surface area contributed by atoms with Gasteiger partial charge in [0.25, 0.3) is 5.91 Å². The van der Waals surface area contributed by atoms with Gasteiger partial charge in [-0.3, -0.25) is 14.4 Å². The number of carbonyl (C=O) groups excluding carboxylic acids is 3. The minimum Gasteiger partial charge on any atom is -0.369 e. The van der Waals surface area contributed by atoms with Crippen LogP contribution >= 0.6 is 0 Å². The van der Waals surface area contributed by atoms with Crippen LogP contribution in [0.15, 0.2) is 23.4 Å². The Morgan fingerprint density at radius 2 is 1.87 bits per heavy atom. The molecule has 12 heteroatoms. The van der Waals surface area contributed by atoms with E-state index in [1.165, 1.54) is 17.3 Å². The Morgan fingerprint density at radius 1 is 1.23 bits per heavy atom. The molecule has 2 aliphatic rings. The molecule has 1 heterocycles. The smallest absolute Gasteiger partial charge is 0.369 e. The molecule has 1 saturated heterocycles. The zero-order valence-electron chi connectivity index (χ0n) is 16.5. The summed E-state index contributed by atoms with van der Waals surface area (Å²) in [7, 11) is 1.50. The summed E-state index contributed by atoms with van der Waals surface area (Å²) in [5.41, 5.74) is 1.63. The quantitative estimate of drug-likeness (QED) is 0.502. The number of ether oxygens (including phenoxy) is 1. The molecular formula is C18H22F5N3O4. The van der Waals surface area contributed by atoms with Gasteiger partial charge < -0.3 is 20.3 Å². The Balaban J connectivity index is 1.98. The summed E-state index contributed by atoms with van der Waals surface area (Å²) < 4.78 is 68.1. The highest BCUT2D eigenvalue weighted by atomic mass is 19.4. The molecule has 3 atom stereocenters. The third kappa shape index (κ3) is 5.15. The number of nitrogens with one attached hydrogen (secondary N) is 2. The van der Waals surface area contributed by atoms with E-state index in [2.05, 4.69) is 5.32 Å². The molecule has 1 fully saturated rings. The van der Waals surface area contributed by atoms with Gasteiger partial charge in [-0.05, 0) is 19.9 Å². The van der Waals surface area contributed by atoms with E-state index in [1.807, 2.05) is 13.0 Å². The molecule has 2 N–H and O–H groups in total. The Morgan fingerprint density at radius 3 is 2.47 bits per heavy atom. The Bertz CT molecular complexity index is 778. The number of hydrogen-bond acceptors (Lipinski definition) is 4. The number of nitrogens with zero attached hydrogens (tertiary/aromatic N) is 1. The van der Waals surface area contributed by atoms with Gasteiger partial charge in [-0.15, -0.1) is 0 Å². The molecule has 2 rings (SSSR count). The molecule has 0 aromatic rings. The van der Waals surface area contributed by atoms with Crippen LogP contribution in [0.2, 0.25) is 0 Å². The molecule has 30 heavy (non-hydrogen) atoms. The van der Waals surface area contributed by atoms with Crippen LogP contribution in [0.3, 0.4) is 0 Å². The molecule has 3 amide bonds. The zero-order valence-corrected chi connectivity index (χ0v) is 16.5. The molecule has 0 aromatic heterocycles. The van der Waals surface area contributed by atoms with E-state index in [4.69, 9.17) is 4.74 Å². The van der Waals surface area contributed by atoms with Gasteiger partial charge in [0.2, 0.25) is 11.8 Å². The van der Waals surface area contributed by atoms with E-state index in [-0.39, 0.29) is 6.61 Å². The first-order chi connectivity index (χ1) is 13.7. The van der Waals surface area contributed by atoms with Gasteiger partial charge in [0.15, 0.2) is 0 Å². The van der Waals surface area contributed by atoms with Crippen LogP contribution in [0, 0.1) is 5.92 Å². The van der Waals surface area contributed by atoms with Gasteiger partial charge >= 0.3 is 12.1 Å². The third-order valence-electron chi connectivity index (χ3n) is 4.86. The lowest BCUT2D eigenvalue weighted by Gasteiger charge is -2.27. The van der Waals surface area contributed by atoms with Gasteiger partial charge in [-0.2, -0.15) is 22.0 Å². The van der Waals surface area contributed by atoms with Gasteiger partial charge in [-0.1, -0.05) is 11.6 Å². The van der Waals surface area contributed by atoms with Crippen molar-refractivity contribution >= 4 is 17.7 Å². The highest BCUT2D eigenvalue weighted by molar-refractivity contribution is 6.01. The summed E-state index contributed by atoms with van der Waals surface area (Å²) in [6, 6.07) is -1.15. The van der Waals surface area contributed by atoms with Crippen LogP contribution in [0.4, 0.5) is 22.0 Å². The molecule has 7 nitrogen and oxygen atoms in total. The van der Waals surface area contributed by atoms with Crippen molar-refractivity contribution in [3.8, 4) is 0 Å². The maximum Gasteiger partial charge on any atom is 0.455 e. The fraction of sp³-hybridized carbons (Fsp3) is 0.611. The first-order valence-electron chi connectivity index (χ1n) is 9.03. The van der Waals surface area contributed by atoms with E-state index in [0.29, 0.717) is 12.1 Å². The van der Waals surface area contributed by atoms with Crippen LogP contribution in [-0.2, 0) is 19.1 Å². The van der Waals surface area contributed by atoms with Crippen LogP contribution < -0.4 is 10.6 Å². The summed E-state index contributed by atoms with van der Waals surface area (Å²) in [6.45, 7) is 0.733. The van der Waals surface area contributed by atoms with Gasteiger partial charge in [0.05, 0.1) is 13.2 Å². The summed E-state index contributed by atoms with van der Waals surface area (Å²) in [5, 5.41) is 3.71. The normalized spacial score (nSPS) is 23.6. The second-order valence-electron chi connectivity index (χ2n) is 7.23. The second-order valence-corrected chi connectivity index (χ2v) is 7.23. The van der Waals surface area contributed by atoms with Gasteiger partial charge in [0, 0.05) is 19.2 Å². The largest absolute Gasteiger partial charge is 0.455 e. The number of allylic oxidation sites excluding steroid dienone is 2.